The van der Waals surface area contributed by atoms with Crippen molar-refractivity contribution in [3.8, 4) is 0 Å². The number of nitrogens with zero attached hydrogens (tertiary/aromatic N) is 1. The average Bonchev–Trinajstić information content (AvgIpc) is 2.39. The lowest BCUT2D eigenvalue weighted by molar-refractivity contribution is -0.122. The molecule has 0 aromatic heterocycles. The van der Waals surface area contributed by atoms with Crippen LogP contribution < -0.4 is 10.2 Å². The highest BCUT2D eigenvalue weighted by Crippen LogP contribution is 2.22. The van der Waals surface area contributed by atoms with Crippen LogP contribution in [0, 0.1) is 19.8 Å². The molecule has 0 bridgehead atoms. The van der Waals surface area contributed by atoms with E-state index < -0.39 is 0 Å². The Morgan fingerprint density at radius 1 is 1.32 bits per heavy atom. The van der Waals surface area contributed by atoms with Crippen molar-refractivity contribution in [3.63, 3.8) is 0 Å². The molecule has 1 atom stereocenters. The lowest BCUT2D eigenvalue weighted by Crippen LogP contribution is -2.43. The molecule has 1 amide bonds. The van der Waals surface area contributed by atoms with Crippen LogP contribution in [0.1, 0.15) is 30.9 Å². The Hall–Kier alpha value is -1.35. The molecule has 19 heavy (non-hydrogen) atoms. The summed E-state index contributed by atoms with van der Waals surface area (Å²) in [5.74, 6) is 0.397. The number of amides is 1. The summed E-state index contributed by atoms with van der Waals surface area (Å²) in [6, 6.07) is 6.35. The fraction of sp³-hybridized carbons (Fsp3) is 0.562. The smallest absolute Gasteiger partial charge is 0.231 e. The predicted molar refractivity (Wildman–Crippen MR) is 79.5 cm³/mol. The molecule has 1 saturated heterocycles. The molecule has 1 N–H and O–H groups in total. The summed E-state index contributed by atoms with van der Waals surface area (Å²) in [5, 5.41) is 3.32. The van der Waals surface area contributed by atoms with Gasteiger partial charge in [-0.05, 0) is 63.4 Å². The number of piperidine rings is 1. The van der Waals surface area contributed by atoms with Gasteiger partial charge in [-0.1, -0.05) is 6.07 Å². The summed E-state index contributed by atoms with van der Waals surface area (Å²) in [5.41, 5.74) is 3.46. The van der Waals surface area contributed by atoms with Crippen LogP contribution in [0.3, 0.4) is 0 Å². The van der Waals surface area contributed by atoms with Crippen LogP contribution >= 0.6 is 0 Å². The van der Waals surface area contributed by atoms with Crippen molar-refractivity contribution in [1.29, 1.82) is 0 Å². The summed E-state index contributed by atoms with van der Waals surface area (Å²) in [7, 11) is 0. The third kappa shape index (κ3) is 3.35. The number of carbonyl (C=O) groups excluding carboxylic acids is 1. The third-order valence-corrected chi connectivity index (χ3v) is 3.75. The van der Waals surface area contributed by atoms with Gasteiger partial charge in [-0.2, -0.15) is 0 Å². The van der Waals surface area contributed by atoms with Crippen molar-refractivity contribution in [3.05, 3.63) is 29.3 Å². The van der Waals surface area contributed by atoms with E-state index in [1.165, 1.54) is 11.1 Å². The highest BCUT2D eigenvalue weighted by atomic mass is 16.2. The van der Waals surface area contributed by atoms with E-state index in [9.17, 15) is 4.79 Å². The number of aryl methyl sites for hydroxylation is 2. The number of hydrogen-bond acceptors (Lipinski definition) is 2. The number of anilines is 1. The fourth-order valence-electron chi connectivity index (χ4n) is 2.86. The maximum atomic E-state index is 12.6. The van der Waals surface area contributed by atoms with Crippen LogP contribution in [-0.4, -0.2) is 25.5 Å². The molecule has 1 fully saturated rings. The van der Waals surface area contributed by atoms with E-state index in [1.54, 1.807) is 0 Å². The SMILES string of the molecule is CCN(C(=O)C1CCCNC1)c1cc(C)cc(C)c1. The molecule has 0 aliphatic carbocycles. The first kappa shape index (κ1) is 14.1. The predicted octanol–water partition coefficient (Wildman–Crippen LogP) is 2.66. The first-order valence-electron chi connectivity index (χ1n) is 7.22. The monoisotopic (exact) mass is 260 g/mol. The molecular weight excluding hydrogens is 236 g/mol. The van der Waals surface area contributed by atoms with Crippen LogP contribution in [0.4, 0.5) is 5.69 Å². The summed E-state index contributed by atoms with van der Waals surface area (Å²) in [4.78, 5) is 14.6. The molecule has 0 spiro atoms. The number of nitrogens with one attached hydrogen (secondary N) is 1. The Kier molecular flexibility index (Phi) is 4.59. The Bertz CT molecular complexity index is 430. The second-order valence-electron chi connectivity index (χ2n) is 5.47. The molecule has 0 radical (unpaired) electrons. The summed E-state index contributed by atoms with van der Waals surface area (Å²) in [6.07, 6.45) is 2.11. The summed E-state index contributed by atoms with van der Waals surface area (Å²) >= 11 is 0. The van der Waals surface area contributed by atoms with Gasteiger partial charge in [0.05, 0.1) is 5.92 Å². The van der Waals surface area contributed by atoms with Crippen LogP contribution in [0.5, 0.6) is 0 Å². The minimum atomic E-state index is 0.134. The first-order chi connectivity index (χ1) is 9.11. The fourth-order valence-corrected chi connectivity index (χ4v) is 2.86. The van der Waals surface area contributed by atoms with Crippen LogP contribution in [-0.2, 0) is 4.79 Å². The maximum Gasteiger partial charge on any atom is 0.231 e. The molecule has 1 unspecified atom stereocenters. The molecule has 3 nitrogen and oxygen atoms in total. The Morgan fingerprint density at radius 3 is 2.53 bits per heavy atom. The minimum absolute atomic E-state index is 0.134. The number of benzene rings is 1. The highest BCUT2D eigenvalue weighted by molar-refractivity contribution is 5.95. The van der Waals surface area contributed by atoms with Crippen molar-refractivity contribution < 1.29 is 4.79 Å². The molecule has 0 saturated carbocycles. The van der Waals surface area contributed by atoms with Gasteiger partial charge >= 0.3 is 0 Å². The number of rotatable bonds is 3. The van der Waals surface area contributed by atoms with E-state index in [1.807, 2.05) is 11.8 Å². The zero-order valence-electron chi connectivity index (χ0n) is 12.2. The van der Waals surface area contributed by atoms with Gasteiger partial charge in [-0.3, -0.25) is 4.79 Å². The lowest BCUT2D eigenvalue weighted by atomic mass is 9.97. The molecule has 104 valence electrons. The van der Waals surface area contributed by atoms with E-state index in [0.29, 0.717) is 0 Å². The van der Waals surface area contributed by atoms with Crippen molar-refractivity contribution in [2.75, 3.05) is 24.5 Å². The third-order valence-electron chi connectivity index (χ3n) is 3.75. The normalized spacial score (nSPS) is 19.2. The van der Waals surface area contributed by atoms with Gasteiger partial charge < -0.3 is 10.2 Å². The van der Waals surface area contributed by atoms with Crippen molar-refractivity contribution in [2.45, 2.75) is 33.6 Å². The standard InChI is InChI=1S/C16H24N2O/c1-4-18(15-9-12(2)8-13(3)10-15)16(19)14-6-5-7-17-11-14/h8-10,14,17H,4-7,11H2,1-3H3. The second kappa shape index (κ2) is 6.20. The van der Waals surface area contributed by atoms with Crippen LogP contribution in [0.2, 0.25) is 0 Å². The molecule has 1 heterocycles. The van der Waals surface area contributed by atoms with Crippen LogP contribution in [0.15, 0.2) is 18.2 Å². The van der Waals surface area contributed by atoms with Crippen molar-refractivity contribution in [2.24, 2.45) is 5.92 Å². The molecule has 1 aliphatic rings. The van der Waals surface area contributed by atoms with Gasteiger partial charge in [0, 0.05) is 18.8 Å². The van der Waals surface area contributed by atoms with Gasteiger partial charge in [0.2, 0.25) is 5.91 Å². The van der Waals surface area contributed by atoms with Gasteiger partial charge in [-0.25, -0.2) is 0 Å². The van der Waals surface area contributed by atoms with Crippen molar-refractivity contribution >= 4 is 11.6 Å². The van der Waals surface area contributed by atoms with Crippen LogP contribution in [0.25, 0.3) is 0 Å². The molecule has 1 aromatic carbocycles. The molecule has 2 rings (SSSR count). The van der Waals surface area contributed by atoms with E-state index >= 15 is 0 Å². The summed E-state index contributed by atoms with van der Waals surface area (Å²) < 4.78 is 0. The minimum Gasteiger partial charge on any atom is -0.316 e. The van der Waals surface area contributed by atoms with Crippen molar-refractivity contribution in [1.82, 2.24) is 5.32 Å². The Labute approximate surface area is 116 Å². The zero-order valence-corrected chi connectivity index (χ0v) is 12.2. The molecule has 3 heteroatoms. The average molecular weight is 260 g/mol. The van der Waals surface area contributed by atoms with E-state index in [4.69, 9.17) is 0 Å². The second-order valence-corrected chi connectivity index (χ2v) is 5.47. The van der Waals surface area contributed by atoms with Gasteiger partial charge in [0.1, 0.15) is 0 Å². The first-order valence-corrected chi connectivity index (χ1v) is 7.22. The quantitative estimate of drug-likeness (QED) is 0.906. The molecule has 1 aromatic rings. The topological polar surface area (TPSA) is 32.3 Å². The molecular formula is C16H24N2O. The Morgan fingerprint density at radius 2 is 2.00 bits per heavy atom. The van der Waals surface area contributed by atoms with Gasteiger partial charge in [-0.15, -0.1) is 0 Å². The van der Waals surface area contributed by atoms with E-state index in [0.717, 1.165) is 38.2 Å². The number of carbonyl (C=O) groups is 1. The van der Waals surface area contributed by atoms with E-state index in [2.05, 4.69) is 37.4 Å². The van der Waals surface area contributed by atoms with Gasteiger partial charge in [0.25, 0.3) is 0 Å². The Balaban J connectivity index is 2.20. The van der Waals surface area contributed by atoms with Gasteiger partial charge in [0.15, 0.2) is 0 Å². The van der Waals surface area contributed by atoms with E-state index in [-0.39, 0.29) is 11.8 Å². The number of hydrogen-bond donors (Lipinski definition) is 1. The zero-order chi connectivity index (χ0) is 13.8. The largest absolute Gasteiger partial charge is 0.316 e. The highest BCUT2D eigenvalue weighted by Gasteiger charge is 2.26. The maximum absolute atomic E-state index is 12.6. The molecule has 1 aliphatic heterocycles. The lowest BCUT2D eigenvalue weighted by Gasteiger charge is -2.29. The summed E-state index contributed by atoms with van der Waals surface area (Å²) in [6.45, 7) is 8.80.